The number of anilines is 1. The van der Waals surface area contributed by atoms with E-state index in [1.807, 2.05) is 13.8 Å². The molecule has 0 bridgehead atoms. The summed E-state index contributed by atoms with van der Waals surface area (Å²) in [6.07, 6.45) is -3.40. The molecule has 1 aliphatic heterocycles. The van der Waals surface area contributed by atoms with E-state index in [2.05, 4.69) is 11.6 Å². The van der Waals surface area contributed by atoms with E-state index in [1.54, 1.807) is 0 Å². The Morgan fingerprint density at radius 1 is 1.24 bits per heavy atom. The number of aliphatic hydroxyl groups is 1. The lowest BCUT2D eigenvalue weighted by Gasteiger charge is -2.40. The molecular weight excluding hydrogens is 478 g/mol. The van der Waals surface area contributed by atoms with Crippen molar-refractivity contribution in [2.24, 2.45) is 0 Å². The van der Waals surface area contributed by atoms with E-state index in [9.17, 15) is 32.3 Å². The van der Waals surface area contributed by atoms with Crippen molar-refractivity contribution in [1.29, 1.82) is 0 Å². The van der Waals surface area contributed by atoms with E-state index < -0.39 is 42.0 Å². The van der Waals surface area contributed by atoms with Gasteiger partial charge in [0.15, 0.2) is 11.6 Å². The van der Waals surface area contributed by atoms with Crippen molar-refractivity contribution < 1.29 is 32.3 Å². The summed E-state index contributed by atoms with van der Waals surface area (Å²) in [5, 5.41) is 9.28. The molecule has 184 valence electrons. The number of hydrogen-bond donors (Lipinski definition) is 1. The first kappa shape index (κ1) is 27.3. The minimum atomic E-state index is -4.51. The van der Waals surface area contributed by atoms with E-state index in [4.69, 9.17) is 11.6 Å². The van der Waals surface area contributed by atoms with Crippen LogP contribution in [0.2, 0.25) is 5.02 Å². The number of piperazine rings is 1. The lowest BCUT2D eigenvalue weighted by molar-refractivity contribution is -0.142. The molecule has 34 heavy (non-hydrogen) atoms. The van der Waals surface area contributed by atoms with Crippen molar-refractivity contribution in [1.82, 2.24) is 9.88 Å². The van der Waals surface area contributed by atoms with Gasteiger partial charge in [0.05, 0.1) is 10.6 Å². The average molecular weight is 502 g/mol. The average Bonchev–Trinajstić information content (AvgIpc) is 2.78. The van der Waals surface area contributed by atoms with Crippen LogP contribution in [-0.2, 0) is 22.3 Å². The maximum atomic E-state index is 14.4. The zero-order chi connectivity index (χ0) is 25.6. The van der Waals surface area contributed by atoms with Gasteiger partial charge in [0.2, 0.25) is 5.91 Å². The SMILES string of the molecule is C=C(CCO)C1C(=O)N(c2ncc(Cl)cc2F)CC(=O)N1Cc1ccc(C(F)(F)F)cc1.CC. The minimum absolute atomic E-state index is 0.00667. The fraction of sp³-hybridized carbons (Fsp3) is 0.348. The van der Waals surface area contributed by atoms with Crippen LogP contribution in [0, 0.1) is 5.82 Å². The zero-order valence-corrected chi connectivity index (χ0v) is 19.3. The molecule has 1 aliphatic rings. The van der Waals surface area contributed by atoms with Gasteiger partial charge >= 0.3 is 6.18 Å². The molecule has 6 nitrogen and oxygen atoms in total. The number of carbonyl (C=O) groups excluding carboxylic acids is 2. The number of benzene rings is 1. The summed E-state index contributed by atoms with van der Waals surface area (Å²) in [7, 11) is 0. The third kappa shape index (κ3) is 6.12. The van der Waals surface area contributed by atoms with Crippen LogP contribution in [-0.4, -0.2) is 46.0 Å². The Balaban J connectivity index is 0.00000199. The van der Waals surface area contributed by atoms with Crippen molar-refractivity contribution in [3.05, 3.63) is 70.6 Å². The molecule has 0 radical (unpaired) electrons. The zero-order valence-electron chi connectivity index (χ0n) is 18.6. The summed E-state index contributed by atoms with van der Waals surface area (Å²) in [6.45, 7) is 6.71. The van der Waals surface area contributed by atoms with Crippen LogP contribution >= 0.6 is 11.6 Å². The number of carbonyl (C=O) groups is 2. The van der Waals surface area contributed by atoms with Gasteiger partial charge in [-0.2, -0.15) is 13.2 Å². The van der Waals surface area contributed by atoms with Crippen molar-refractivity contribution >= 4 is 29.2 Å². The molecule has 11 heteroatoms. The van der Waals surface area contributed by atoms with Crippen LogP contribution in [0.25, 0.3) is 0 Å². The quantitative estimate of drug-likeness (QED) is 0.464. The van der Waals surface area contributed by atoms with Crippen molar-refractivity contribution in [3.8, 4) is 0 Å². The number of pyridine rings is 1. The van der Waals surface area contributed by atoms with Gasteiger partial charge < -0.3 is 10.0 Å². The number of amides is 2. The Morgan fingerprint density at radius 2 is 1.85 bits per heavy atom. The van der Waals surface area contributed by atoms with Crippen LogP contribution < -0.4 is 4.90 Å². The number of aliphatic hydroxyl groups excluding tert-OH is 1. The molecule has 1 saturated heterocycles. The van der Waals surface area contributed by atoms with E-state index in [-0.39, 0.29) is 36.0 Å². The molecule has 2 heterocycles. The molecule has 3 rings (SSSR count). The molecule has 1 atom stereocenters. The summed E-state index contributed by atoms with van der Waals surface area (Å²) in [5.41, 5.74) is -0.305. The van der Waals surface area contributed by atoms with E-state index in [0.29, 0.717) is 5.56 Å². The number of halogens is 5. The van der Waals surface area contributed by atoms with E-state index in [1.165, 1.54) is 12.1 Å². The highest BCUT2D eigenvalue weighted by molar-refractivity contribution is 6.30. The fourth-order valence-corrected chi connectivity index (χ4v) is 3.51. The second-order valence-electron chi connectivity index (χ2n) is 7.13. The molecule has 2 aromatic rings. The topological polar surface area (TPSA) is 73.7 Å². The van der Waals surface area contributed by atoms with Gasteiger partial charge in [-0.1, -0.05) is 44.2 Å². The Bertz CT molecular complexity index is 1040. The highest BCUT2D eigenvalue weighted by Crippen LogP contribution is 2.31. The van der Waals surface area contributed by atoms with Crippen LogP contribution in [0.5, 0.6) is 0 Å². The number of aromatic nitrogens is 1. The van der Waals surface area contributed by atoms with E-state index >= 15 is 0 Å². The van der Waals surface area contributed by atoms with E-state index in [0.717, 1.165) is 34.2 Å². The largest absolute Gasteiger partial charge is 0.416 e. The molecule has 1 fully saturated rings. The lowest BCUT2D eigenvalue weighted by atomic mass is 9.98. The monoisotopic (exact) mass is 501 g/mol. The smallest absolute Gasteiger partial charge is 0.396 e. The second kappa shape index (κ2) is 11.4. The molecule has 1 aromatic heterocycles. The predicted molar refractivity (Wildman–Crippen MR) is 120 cm³/mol. The van der Waals surface area contributed by atoms with Gasteiger partial charge in [-0.3, -0.25) is 14.5 Å². The minimum Gasteiger partial charge on any atom is -0.396 e. The second-order valence-corrected chi connectivity index (χ2v) is 7.57. The van der Waals surface area contributed by atoms with Crippen LogP contribution in [0.4, 0.5) is 23.4 Å². The third-order valence-electron chi connectivity index (χ3n) is 4.92. The Morgan fingerprint density at radius 3 is 2.38 bits per heavy atom. The fourth-order valence-electron chi connectivity index (χ4n) is 3.36. The molecule has 2 amide bonds. The van der Waals surface area contributed by atoms with Gasteiger partial charge in [-0.25, -0.2) is 9.37 Å². The number of alkyl halides is 3. The summed E-state index contributed by atoms with van der Waals surface area (Å²) in [6, 6.07) is 3.86. The van der Waals surface area contributed by atoms with Crippen LogP contribution in [0.15, 0.2) is 48.7 Å². The Hall–Kier alpha value is -2.98. The standard InChI is InChI=1S/C21H18ClF4N3O3.C2H6/c1-12(6-7-30)18-20(32)29(19-16(23)8-15(22)9-27-19)11-17(31)28(18)10-13-2-4-14(5-3-13)21(24,25)26;1-2/h2-5,8-9,18,30H,1,6-7,10-11H2;1-2H3. The summed E-state index contributed by atoms with van der Waals surface area (Å²) < 4.78 is 52.8. The highest BCUT2D eigenvalue weighted by Gasteiger charge is 2.42. The molecule has 0 saturated carbocycles. The summed E-state index contributed by atoms with van der Waals surface area (Å²) >= 11 is 5.70. The Labute approximate surface area is 199 Å². The highest BCUT2D eigenvalue weighted by atomic mass is 35.5. The maximum Gasteiger partial charge on any atom is 0.416 e. The molecule has 1 unspecified atom stereocenters. The van der Waals surface area contributed by atoms with Gasteiger partial charge in [0, 0.05) is 19.3 Å². The molecule has 0 aliphatic carbocycles. The molecule has 1 aromatic carbocycles. The van der Waals surface area contributed by atoms with Crippen molar-refractivity contribution in [2.45, 2.75) is 39.0 Å². The Kier molecular flexibility index (Phi) is 9.17. The van der Waals surface area contributed by atoms with Crippen molar-refractivity contribution in [2.75, 3.05) is 18.1 Å². The van der Waals surface area contributed by atoms with Gasteiger partial charge in [-0.05, 0) is 35.8 Å². The molecular formula is C23H24ClF4N3O3. The number of nitrogens with zero attached hydrogens (tertiary/aromatic N) is 3. The summed E-state index contributed by atoms with van der Waals surface area (Å²) in [5.74, 6) is -2.58. The molecule has 0 spiro atoms. The number of rotatable bonds is 6. The van der Waals surface area contributed by atoms with Crippen LogP contribution in [0.3, 0.4) is 0 Å². The van der Waals surface area contributed by atoms with Crippen LogP contribution in [0.1, 0.15) is 31.4 Å². The normalized spacial score (nSPS) is 16.3. The first-order chi connectivity index (χ1) is 16.0. The predicted octanol–water partition coefficient (Wildman–Crippen LogP) is 4.60. The first-order valence-corrected chi connectivity index (χ1v) is 10.8. The lowest BCUT2D eigenvalue weighted by Crippen LogP contribution is -2.60. The first-order valence-electron chi connectivity index (χ1n) is 10.4. The van der Waals surface area contributed by atoms with Crippen molar-refractivity contribution in [3.63, 3.8) is 0 Å². The number of hydrogen-bond acceptors (Lipinski definition) is 4. The van der Waals surface area contributed by atoms with Gasteiger partial charge in [-0.15, -0.1) is 0 Å². The van der Waals surface area contributed by atoms with Gasteiger partial charge in [0.25, 0.3) is 5.91 Å². The van der Waals surface area contributed by atoms with Gasteiger partial charge in [0.1, 0.15) is 12.6 Å². The molecule has 1 N–H and O–H groups in total. The third-order valence-corrected chi connectivity index (χ3v) is 5.13. The maximum absolute atomic E-state index is 14.4. The summed E-state index contributed by atoms with van der Waals surface area (Å²) in [4.78, 5) is 32.0.